The fraction of sp³-hybridized carbons (Fsp3) is 0. The van der Waals surface area contributed by atoms with Crippen molar-refractivity contribution in [2.45, 2.75) is 0 Å². The molecule has 0 atom stereocenters. The highest BCUT2D eigenvalue weighted by atomic mass is 14.3. The van der Waals surface area contributed by atoms with Crippen molar-refractivity contribution in [3.05, 3.63) is 206 Å². The zero-order chi connectivity index (χ0) is 37.2. The van der Waals surface area contributed by atoms with Gasteiger partial charge in [-0.2, -0.15) is 5.26 Å². The van der Waals surface area contributed by atoms with Crippen LogP contribution >= 0.6 is 0 Å². The summed E-state index contributed by atoms with van der Waals surface area (Å²) in [7, 11) is 0. The van der Waals surface area contributed by atoms with Gasteiger partial charge in [-0.05, 0) is 134 Å². The van der Waals surface area contributed by atoms with Gasteiger partial charge in [-0.15, -0.1) is 0 Å². The van der Waals surface area contributed by atoms with Gasteiger partial charge in [0.1, 0.15) is 0 Å². The Bertz CT molecular complexity index is 3130. The third-order valence-corrected chi connectivity index (χ3v) is 11.6. The second-order valence-electron chi connectivity index (χ2n) is 14.7. The zero-order valence-corrected chi connectivity index (χ0v) is 30.5. The van der Waals surface area contributed by atoms with Crippen LogP contribution in [0.1, 0.15) is 5.56 Å². The fourth-order valence-corrected chi connectivity index (χ4v) is 9.15. The standard InChI is InChI=1S/C55H33N/c56-34-35-22-24-36(25-23-35)43-16-7-8-17-44(43)41-28-26-40-33-42(29-27-39(40)32-41)45-30-31-50-53-46(45)20-11-21-49(53)54-51(37-12-3-1-4-13-37)47-18-9-10-19-48(47)52(55(50)54)38-14-5-2-6-15-38/h1-33H. The number of fused-ring (bicyclic) bond motifs is 5. The molecule has 0 saturated heterocycles. The summed E-state index contributed by atoms with van der Waals surface area (Å²) in [6.45, 7) is 0. The molecule has 0 aromatic heterocycles. The van der Waals surface area contributed by atoms with Crippen LogP contribution in [0.2, 0.25) is 0 Å². The molecule has 0 fully saturated rings. The van der Waals surface area contributed by atoms with Crippen LogP contribution in [0.15, 0.2) is 200 Å². The Morgan fingerprint density at radius 3 is 1.32 bits per heavy atom. The first-order valence-corrected chi connectivity index (χ1v) is 19.2. The third kappa shape index (κ3) is 4.94. The fourth-order valence-electron chi connectivity index (χ4n) is 9.15. The van der Waals surface area contributed by atoms with Gasteiger partial charge in [0.15, 0.2) is 0 Å². The Hall–Kier alpha value is -7.53. The number of nitrogens with zero attached hydrogens (tertiary/aromatic N) is 1. The highest BCUT2D eigenvalue weighted by Gasteiger charge is 2.31. The second kappa shape index (κ2) is 12.8. The molecule has 0 radical (unpaired) electrons. The maximum atomic E-state index is 9.32. The smallest absolute Gasteiger partial charge is 0.0991 e. The van der Waals surface area contributed by atoms with Crippen LogP contribution in [0.5, 0.6) is 0 Å². The molecule has 1 aliphatic rings. The number of rotatable bonds is 5. The Labute approximate surface area is 326 Å². The zero-order valence-electron chi connectivity index (χ0n) is 30.5. The van der Waals surface area contributed by atoms with E-state index < -0.39 is 0 Å². The van der Waals surface area contributed by atoms with Gasteiger partial charge < -0.3 is 0 Å². The van der Waals surface area contributed by atoms with E-state index in [0.717, 1.165) is 11.1 Å². The quantitative estimate of drug-likeness (QED) is 0.175. The number of nitriles is 1. The van der Waals surface area contributed by atoms with Crippen LogP contribution in [0.4, 0.5) is 0 Å². The van der Waals surface area contributed by atoms with Gasteiger partial charge in [-0.3, -0.25) is 0 Å². The maximum Gasteiger partial charge on any atom is 0.0991 e. The summed E-state index contributed by atoms with van der Waals surface area (Å²) < 4.78 is 0. The molecule has 0 unspecified atom stereocenters. The molecule has 0 spiro atoms. The Balaban J connectivity index is 1.08. The van der Waals surface area contributed by atoms with Crippen molar-refractivity contribution in [1.29, 1.82) is 5.26 Å². The van der Waals surface area contributed by atoms with E-state index in [4.69, 9.17) is 0 Å². The monoisotopic (exact) mass is 707 g/mol. The van der Waals surface area contributed by atoms with E-state index in [0.29, 0.717) is 5.56 Å². The molecule has 1 heteroatoms. The number of hydrogen-bond donors (Lipinski definition) is 0. The van der Waals surface area contributed by atoms with Gasteiger partial charge >= 0.3 is 0 Å². The topological polar surface area (TPSA) is 23.8 Å². The lowest BCUT2D eigenvalue weighted by atomic mass is 9.82. The van der Waals surface area contributed by atoms with Crippen LogP contribution in [0.3, 0.4) is 0 Å². The summed E-state index contributed by atoms with van der Waals surface area (Å²) in [4.78, 5) is 0. The summed E-state index contributed by atoms with van der Waals surface area (Å²) in [5, 5.41) is 16.9. The largest absolute Gasteiger partial charge is 0.192 e. The van der Waals surface area contributed by atoms with E-state index in [2.05, 4.69) is 182 Å². The van der Waals surface area contributed by atoms with Gasteiger partial charge in [0.25, 0.3) is 0 Å². The highest BCUT2D eigenvalue weighted by molar-refractivity contribution is 6.28. The average Bonchev–Trinajstić information content (AvgIpc) is 3.60. The van der Waals surface area contributed by atoms with Crippen molar-refractivity contribution in [1.82, 2.24) is 0 Å². The first kappa shape index (κ1) is 31.9. The van der Waals surface area contributed by atoms with Gasteiger partial charge in [0.05, 0.1) is 11.6 Å². The lowest BCUT2D eigenvalue weighted by molar-refractivity contribution is 1.48. The van der Waals surface area contributed by atoms with Gasteiger partial charge in [-0.25, -0.2) is 0 Å². The predicted octanol–water partition coefficient (Wildman–Crippen LogP) is 15.0. The van der Waals surface area contributed by atoms with Crippen molar-refractivity contribution in [2.75, 3.05) is 0 Å². The predicted molar refractivity (Wildman–Crippen MR) is 235 cm³/mol. The summed E-state index contributed by atoms with van der Waals surface area (Å²) in [6, 6.07) is 74.6. The maximum absolute atomic E-state index is 9.32. The van der Waals surface area contributed by atoms with Gasteiger partial charge in [0, 0.05) is 0 Å². The van der Waals surface area contributed by atoms with Crippen LogP contribution in [-0.4, -0.2) is 0 Å². The average molecular weight is 708 g/mol. The molecule has 258 valence electrons. The number of benzene rings is 10. The molecule has 1 aliphatic carbocycles. The SMILES string of the molecule is N#Cc1ccc(-c2ccccc2-c2ccc3cc(-c4ccc5c6c(cccc46)-c4c-5c(-c5ccccc5)c5ccccc5c4-c4ccccc4)ccc3c2)cc1. The molecule has 0 amide bonds. The van der Waals surface area contributed by atoms with E-state index in [1.54, 1.807) is 0 Å². The Morgan fingerprint density at radius 1 is 0.286 bits per heavy atom. The molecule has 1 nitrogen and oxygen atoms in total. The first-order valence-electron chi connectivity index (χ1n) is 19.2. The summed E-state index contributed by atoms with van der Waals surface area (Å²) in [6.07, 6.45) is 0. The van der Waals surface area contributed by atoms with E-state index >= 15 is 0 Å². The van der Waals surface area contributed by atoms with Crippen molar-refractivity contribution < 1.29 is 0 Å². The highest BCUT2D eigenvalue weighted by Crippen LogP contribution is 2.58. The minimum Gasteiger partial charge on any atom is -0.192 e. The third-order valence-electron chi connectivity index (χ3n) is 11.6. The summed E-state index contributed by atoms with van der Waals surface area (Å²) >= 11 is 0. The van der Waals surface area contributed by atoms with Crippen LogP contribution in [0, 0.1) is 11.3 Å². The number of hydrogen-bond acceptors (Lipinski definition) is 1. The minimum atomic E-state index is 0.667. The van der Waals surface area contributed by atoms with Crippen molar-refractivity contribution >= 4 is 32.3 Å². The molecular weight excluding hydrogens is 675 g/mol. The van der Waals surface area contributed by atoms with E-state index in [1.807, 2.05) is 24.3 Å². The molecular formula is C55H33N. The first-order chi connectivity index (χ1) is 27.7. The summed E-state index contributed by atoms with van der Waals surface area (Å²) in [5.41, 5.74) is 18.0. The van der Waals surface area contributed by atoms with Crippen LogP contribution in [0.25, 0.3) is 110 Å². The van der Waals surface area contributed by atoms with Gasteiger partial charge in [0.2, 0.25) is 0 Å². The molecule has 11 rings (SSSR count). The van der Waals surface area contributed by atoms with Crippen LogP contribution in [-0.2, 0) is 0 Å². The molecule has 0 saturated carbocycles. The van der Waals surface area contributed by atoms with Crippen molar-refractivity contribution in [2.24, 2.45) is 0 Å². The van der Waals surface area contributed by atoms with Crippen LogP contribution < -0.4 is 0 Å². The lowest BCUT2D eigenvalue weighted by Crippen LogP contribution is -1.93. The molecule has 0 N–H and O–H groups in total. The summed E-state index contributed by atoms with van der Waals surface area (Å²) in [5.74, 6) is 0. The molecule has 56 heavy (non-hydrogen) atoms. The van der Waals surface area contributed by atoms with Gasteiger partial charge in [-0.1, -0.05) is 176 Å². The Kier molecular flexibility index (Phi) is 7.31. The lowest BCUT2D eigenvalue weighted by Gasteiger charge is -2.20. The molecule has 0 bridgehead atoms. The normalized spacial score (nSPS) is 11.6. The van der Waals surface area contributed by atoms with Crippen molar-refractivity contribution in [3.63, 3.8) is 0 Å². The Morgan fingerprint density at radius 2 is 0.732 bits per heavy atom. The van der Waals surface area contributed by atoms with E-state index in [-0.39, 0.29) is 0 Å². The van der Waals surface area contributed by atoms with E-state index in [9.17, 15) is 5.26 Å². The second-order valence-corrected chi connectivity index (χ2v) is 14.7. The molecule has 0 heterocycles. The minimum absolute atomic E-state index is 0.667. The molecule has 10 aromatic rings. The van der Waals surface area contributed by atoms with Crippen molar-refractivity contribution in [3.8, 4) is 84.0 Å². The van der Waals surface area contributed by atoms with E-state index in [1.165, 1.54) is 99.1 Å². The molecule has 0 aliphatic heterocycles. The molecule has 10 aromatic carbocycles.